The summed E-state index contributed by atoms with van der Waals surface area (Å²) in [6.45, 7) is 2.29. The van der Waals surface area contributed by atoms with Crippen molar-refractivity contribution in [1.29, 1.82) is 5.26 Å². The molecule has 0 saturated heterocycles. The first-order valence-electron chi connectivity index (χ1n) is 11.1. The van der Waals surface area contributed by atoms with Gasteiger partial charge in [0.15, 0.2) is 5.16 Å². The van der Waals surface area contributed by atoms with Gasteiger partial charge in [0.1, 0.15) is 12.4 Å². The fourth-order valence-electron chi connectivity index (χ4n) is 3.96. The summed E-state index contributed by atoms with van der Waals surface area (Å²) >= 11 is 1.33. The van der Waals surface area contributed by atoms with Crippen LogP contribution in [0, 0.1) is 18.3 Å². The van der Waals surface area contributed by atoms with Crippen LogP contribution in [0.4, 0.5) is 0 Å². The van der Waals surface area contributed by atoms with Crippen molar-refractivity contribution in [3.05, 3.63) is 110 Å². The second kappa shape index (κ2) is 9.57. The second-order valence-electron chi connectivity index (χ2n) is 8.17. The molecular formula is C27H21N5O2S. The molecule has 0 aliphatic rings. The molecule has 2 aromatic heterocycles. The fraction of sp³-hybridized carbons (Fsp3) is 0.148. The minimum absolute atomic E-state index is 0.103. The zero-order valence-electron chi connectivity index (χ0n) is 19.0. The fourth-order valence-corrected chi connectivity index (χ4v) is 4.91. The van der Waals surface area contributed by atoms with Gasteiger partial charge in [-0.25, -0.2) is 9.97 Å². The van der Waals surface area contributed by atoms with Gasteiger partial charge in [0.2, 0.25) is 0 Å². The van der Waals surface area contributed by atoms with Gasteiger partial charge in [0, 0.05) is 0 Å². The molecule has 0 bridgehead atoms. The lowest BCUT2D eigenvalue weighted by Gasteiger charge is -2.15. The molecule has 0 atom stereocenters. The molecule has 172 valence electrons. The van der Waals surface area contributed by atoms with E-state index in [0.717, 1.165) is 11.1 Å². The van der Waals surface area contributed by atoms with Crippen LogP contribution >= 0.6 is 11.8 Å². The molecule has 0 radical (unpaired) electrons. The largest absolute Gasteiger partial charge is 0.283 e. The lowest BCUT2D eigenvalue weighted by atomic mass is 10.1. The predicted molar refractivity (Wildman–Crippen MR) is 137 cm³/mol. The minimum Gasteiger partial charge on any atom is -0.283 e. The number of thioether (sulfide) groups is 1. The quantitative estimate of drug-likeness (QED) is 0.267. The van der Waals surface area contributed by atoms with E-state index in [1.807, 2.05) is 55.5 Å². The van der Waals surface area contributed by atoms with Crippen LogP contribution < -0.4 is 11.1 Å². The molecule has 0 aliphatic carbocycles. The van der Waals surface area contributed by atoms with E-state index in [4.69, 9.17) is 4.98 Å². The maximum absolute atomic E-state index is 13.4. The number of aromatic nitrogens is 4. The molecule has 3 aromatic carbocycles. The van der Waals surface area contributed by atoms with Crippen LogP contribution in [0.2, 0.25) is 0 Å². The summed E-state index contributed by atoms with van der Waals surface area (Å²) in [5, 5.41) is 10.9. The first-order valence-corrected chi connectivity index (χ1v) is 12.1. The number of nitriles is 1. The number of benzene rings is 3. The number of hydrogen-bond donors (Lipinski definition) is 0. The number of rotatable bonds is 6. The molecular weight excluding hydrogens is 458 g/mol. The molecule has 0 aliphatic heterocycles. The van der Waals surface area contributed by atoms with Crippen molar-refractivity contribution in [2.75, 3.05) is 0 Å². The van der Waals surface area contributed by atoms with Crippen LogP contribution in [0.3, 0.4) is 0 Å². The highest BCUT2D eigenvalue weighted by Gasteiger charge is 2.16. The number of para-hydroxylation sites is 2. The Hall–Kier alpha value is -4.22. The number of hydrogen-bond acceptors (Lipinski definition) is 6. The number of fused-ring (bicyclic) bond motifs is 2. The van der Waals surface area contributed by atoms with Crippen molar-refractivity contribution in [2.45, 2.75) is 30.9 Å². The molecule has 0 unspecified atom stereocenters. The van der Waals surface area contributed by atoms with E-state index in [9.17, 15) is 14.9 Å². The molecule has 0 N–H and O–H groups in total. The van der Waals surface area contributed by atoms with Gasteiger partial charge in [0.05, 0.1) is 40.2 Å². The van der Waals surface area contributed by atoms with Crippen LogP contribution in [-0.2, 0) is 18.8 Å². The Kier molecular flexibility index (Phi) is 6.17. The zero-order chi connectivity index (χ0) is 24.4. The van der Waals surface area contributed by atoms with Crippen LogP contribution in [0.1, 0.15) is 17.0 Å². The summed E-state index contributed by atoms with van der Waals surface area (Å²) < 4.78 is 3.05. The molecule has 35 heavy (non-hydrogen) atoms. The van der Waals surface area contributed by atoms with Crippen LogP contribution in [0.25, 0.3) is 21.8 Å². The summed E-state index contributed by atoms with van der Waals surface area (Å²) in [6.07, 6.45) is 0. The van der Waals surface area contributed by atoms with Gasteiger partial charge in [-0.15, -0.1) is 0 Å². The Balaban J connectivity index is 1.59. The summed E-state index contributed by atoms with van der Waals surface area (Å²) in [6, 6.07) is 24.4. The lowest BCUT2D eigenvalue weighted by molar-refractivity contribution is 0.656. The van der Waals surface area contributed by atoms with Crippen molar-refractivity contribution in [3.63, 3.8) is 0 Å². The third-order valence-electron chi connectivity index (χ3n) is 5.79. The van der Waals surface area contributed by atoms with E-state index in [1.54, 1.807) is 28.8 Å². The maximum Gasteiger partial charge on any atom is 0.262 e. The van der Waals surface area contributed by atoms with E-state index in [0.29, 0.717) is 39.3 Å². The Labute approximate surface area is 205 Å². The van der Waals surface area contributed by atoms with Crippen molar-refractivity contribution >= 4 is 33.6 Å². The van der Waals surface area contributed by atoms with E-state index >= 15 is 0 Å². The highest BCUT2D eigenvalue weighted by atomic mass is 32.2. The van der Waals surface area contributed by atoms with Gasteiger partial charge in [-0.2, -0.15) is 5.26 Å². The number of aryl methyl sites for hydroxylation is 1. The normalized spacial score (nSPS) is 11.1. The summed E-state index contributed by atoms with van der Waals surface area (Å²) in [5.41, 5.74) is 2.94. The van der Waals surface area contributed by atoms with Crippen LogP contribution in [0.15, 0.2) is 87.5 Å². The molecule has 5 aromatic rings. The third-order valence-corrected chi connectivity index (χ3v) is 6.76. The SMILES string of the molecule is Cc1ccc(Cn2c(SCc3nc4ccccc4c(=O)n3CC#N)nc3ccccc3c2=O)cc1. The lowest BCUT2D eigenvalue weighted by Crippen LogP contribution is -2.26. The van der Waals surface area contributed by atoms with E-state index in [1.165, 1.54) is 16.3 Å². The Bertz CT molecular complexity index is 1720. The van der Waals surface area contributed by atoms with Crippen LogP contribution in [0.5, 0.6) is 0 Å². The molecule has 0 saturated carbocycles. The topological polar surface area (TPSA) is 93.6 Å². The van der Waals surface area contributed by atoms with Crippen molar-refractivity contribution in [1.82, 2.24) is 19.1 Å². The average Bonchev–Trinajstić information content (AvgIpc) is 2.88. The van der Waals surface area contributed by atoms with Crippen molar-refractivity contribution in [2.24, 2.45) is 0 Å². The first-order chi connectivity index (χ1) is 17.0. The van der Waals surface area contributed by atoms with Crippen LogP contribution in [-0.4, -0.2) is 19.1 Å². The Morgan fingerprint density at radius 1 is 0.829 bits per heavy atom. The van der Waals surface area contributed by atoms with E-state index in [-0.39, 0.29) is 23.4 Å². The molecule has 7 nitrogen and oxygen atoms in total. The zero-order valence-corrected chi connectivity index (χ0v) is 19.8. The predicted octanol–water partition coefficient (Wildman–Crippen LogP) is 4.28. The molecule has 0 fully saturated rings. The average molecular weight is 480 g/mol. The summed E-state index contributed by atoms with van der Waals surface area (Å²) in [4.78, 5) is 35.9. The smallest absolute Gasteiger partial charge is 0.262 e. The van der Waals surface area contributed by atoms with Gasteiger partial charge in [-0.1, -0.05) is 65.9 Å². The molecule has 8 heteroatoms. The van der Waals surface area contributed by atoms with Gasteiger partial charge in [-0.3, -0.25) is 18.7 Å². The van der Waals surface area contributed by atoms with E-state index < -0.39 is 0 Å². The molecule has 5 rings (SSSR count). The second-order valence-corrected chi connectivity index (χ2v) is 9.11. The molecule has 0 spiro atoms. The Morgan fingerprint density at radius 3 is 2.09 bits per heavy atom. The van der Waals surface area contributed by atoms with Gasteiger partial charge in [-0.05, 0) is 36.8 Å². The first kappa shape index (κ1) is 22.6. The summed E-state index contributed by atoms with van der Waals surface area (Å²) in [5.74, 6) is 0.741. The Morgan fingerprint density at radius 2 is 1.43 bits per heavy atom. The number of nitrogens with zero attached hydrogens (tertiary/aromatic N) is 5. The van der Waals surface area contributed by atoms with Gasteiger partial charge >= 0.3 is 0 Å². The van der Waals surface area contributed by atoms with Gasteiger partial charge < -0.3 is 0 Å². The molecule has 0 amide bonds. The van der Waals surface area contributed by atoms with E-state index in [2.05, 4.69) is 11.1 Å². The monoisotopic (exact) mass is 479 g/mol. The highest BCUT2D eigenvalue weighted by molar-refractivity contribution is 7.98. The van der Waals surface area contributed by atoms with Gasteiger partial charge in [0.25, 0.3) is 11.1 Å². The summed E-state index contributed by atoms with van der Waals surface area (Å²) in [7, 11) is 0. The highest BCUT2D eigenvalue weighted by Crippen LogP contribution is 2.23. The van der Waals surface area contributed by atoms with Crippen molar-refractivity contribution < 1.29 is 0 Å². The minimum atomic E-state index is -0.253. The molecule has 2 heterocycles. The third kappa shape index (κ3) is 4.46. The standard InChI is InChI=1S/C27H21N5O2S/c1-18-10-12-19(13-11-18)16-32-26(34)21-7-3-5-9-23(21)30-27(32)35-17-24-29-22-8-4-2-6-20(22)25(33)31(24)15-14-28/h2-13H,15-17H2,1H3. The maximum atomic E-state index is 13.4. The van der Waals surface area contributed by atoms with Crippen molar-refractivity contribution in [3.8, 4) is 6.07 Å².